The van der Waals surface area contributed by atoms with E-state index >= 15 is 0 Å². The second kappa shape index (κ2) is 7.59. The van der Waals surface area contributed by atoms with Crippen LogP contribution in [0.4, 0.5) is 16.2 Å². The maximum Gasteiger partial charge on any atom is 0.323 e. The summed E-state index contributed by atoms with van der Waals surface area (Å²) in [6.07, 6.45) is 0. The lowest BCUT2D eigenvalue weighted by atomic mass is 10.3. The van der Waals surface area contributed by atoms with Gasteiger partial charge in [0.1, 0.15) is 11.5 Å². The number of carbonyl (C=O) groups is 1. The molecule has 25 heavy (non-hydrogen) atoms. The van der Waals surface area contributed by atoms with Crippen molar-refractivity contribution in [3.05, 3.63) is 77.8 Å². The van der Waals surface area contributed by atoms with Crippen LogP contribution in [0.15, 0.2) is 72.8 Å². The Morgan fingerprint density at radius 3 is 2.24 bits per heavy atom. The lowest BCUT2D eigenvalue weighted by molar-refractivity contribution is 0.262. The van der Waals surface area contributed by atoms with Gasteiger partial charge in [-0.05, 0) is 48.5 Å². The van der Waals surface area contributed by atoms with Crippen molar-refractivity contribution in [1.82, 2.24) is 0 Å². The number of benzene rings is 3. The minimum Gasteiger partial charge on any atom is -0.504 e. The molecule has 3 N–H and O–H groups in total. The third-order valence-corrected chi connectivity index (χ3v) is 3.63. The Morgan fingerprint density at radius 1 is 0.840 bits per heavy atom. The Morgan fingerprint density at radius 2 is 1.52 bits per heavy atom. The Balaban J connectivity index is 1.61. The molecule has 0 aliphatic carbocycles. The van der Waals surface area contributed by atoms with Crippen molar-refractivity contribution < 1.29 is 14.6 Å². The highest BCUT2D eigenvalue weighted by atomic mass is 35.5. The molecule has 6 heteroatoms. The second-order valence-corrected chi connectivity index (χ2v) is 5.56. The van der Waals surface area contributed by atoms with Crippen LogP contribution in [-0.4, -0.2) is 11.1 Å². The van der Waals surface area contributed by atoms with E-state index in [-0.39, 0.29) is 16.5 Å². The molecule has 0 saturated heterocycles. The van der Waals surface area contributed by atoms with Crippen molar-refractivity contribution in [2.75, 3.05) is 10.6 Å². The predicted molar refractivity (Wildman–Crippen MR) is 98.7 cm³/mol. The average molecular weight is 355 g/mol. The van der Waals surface area contributed by atoms with Crippen molar-refractivity contribution in [2.24, 2.45) is 0 Å². The summed E-state index contributed by atoms with van der Waals surface area (Å²) in [4.78, 5) is 12.0. The van der Waals surface area contributed by atoms with Gasteiger partial charge in [0.25, 0.3) is 0 Å². The van der Waals surface area contributed by atoms with Gasteiger partial charge in [0.2, 0.25) is 0 Å². The van der Waals surface area contributed by atoms with Crippen LogP contribution in [0.2, 0.25) is 5.02 Å². The zero-order chi connectivity index (χ0) is 17.6. The number of amides is 2. The number of carbonyl (C=O) groups excluding carboxylic acids is 1. The SMILES string of the molecule is O=C(Nc1ccc(Oc2ccccc2)cc1)Nc1cccc(Cl)c1O. The van der Waals surface area contributed by atoms with Crippen LogP contribution < -0.4 is 15.4 Å². The van der Waals surface area contributed by atoms with E-state index in [1.807, 2.05) is 30.3 Å². The molecule has 0 aliphatic heterocycles. The maximum absolute atomic E-state index is 12.0. The van der Waals surface area contributed by atoms with Gasteiger partial charge in [0.05, 0.1) is 10.7 Å². The molecular weight excluding hydrogens is 340 g/mol. The van der Waals surface area contributed by atoms with Gasteiger partial charge < -0.3 is 20.5 Å². The van der Waals surface area contributed by atoms with Crippen LogP contribution >= 0.6 is 11.6 Å². The largest absolute Gasteiger partial charge is 0.504 e. The van der Waals surface area contributed by atoms with Crippen LogP contribution in [0, 0.1) is 0 Å². The van der Waals surface area contributed by atoms with E-state index < -0.39 is 6.03 Å². The minimum absolute atomic E-state index is 0.167. The third kappa shape index (κ3) is 4.43. The first-order valence-electron chi connectivity index (χ1n) is 7.50. The molecule has 3 rings (SSSR count). The standard InChI is InChI=1S/C19H15ClN2O3/c20-16-7-4-8-17(18(16)23)22-19(24)21-13-9-11-15(12-10-13)25-14-5-2-1-3-6-14/h1-12,23H,(H2,21,22,24). The highest BCUT2D eigenvalue weighted by molar-refractivity contribution is 6.32. The van der Waals surface area contributed by atoms with Crippen molar-refractivity contribution in [2.45, 2.75) is 0 Å². The summed E-state index contributed by atoms with van der Waals surface area (Å²) < 4.78 is 5.69. The van der Waals surface area contributed by atoms with Gasteiger partial charge in [-0.15, -0.1) is 0 Å². The number of para-hydroxylation sites is 2. The normalized spacial score (nSPS) is 10.1. The molecule has 3 aromatic carbocycles. The monoisotopic (exact) mass is 354 g/mol. The zero-order valence-corrected chi connectivity index (χ0v) is 13.8. The molecular formula is C19H15ClN2O3. The first kappa shape index (κ1) is 16.7. The molecule has 0 aromatic heterocycles. The minimum atomic E-state index is -0.491. The van der Waals surface area contributed by atoms with E-state index in [0.29, 0.717) is 11.4 Å². The van der Waals surface area contributed by atoms with E-state index in [2.05, 4.69) is 10.6 Å². The van der Waals surface area contributed by atoms with Crippen molar-refractivity contribution in [3.63, 3.8) is 0 Å². The number of ether oxygens (including phenoxy) is 1. The molecule has 0 saturated carbocycles. The molecule has 2 amide bonds. The fourth-order valence-electron chi connectivity index (χ4n) is 2.13. The number of nitrogens with one attached hydrogen (secondary N) is 2. The molecule has 0 unspecified atom stereocenters. The molecule has 0 fully saturated rings. The van der Waals surface area contributed by atoms with Gasteiger partial charge >= 0.3 is 6.03 Å². The van der Waals surface area contributed by atoms with Crippen LogP contribution in [0.3, 0.4) is 0 Å². The summed E-state index contributed by atoms with van der Waals surface area (Å²) in [5.41, 5.74) is 0.813. The lowest BCUT2D eigenvalue weighted by Crippen LogP contribution is -2.19. The summed E-state index contributed by atoms with van der Waals surface area (Å²) in [5.74, 6) is 1.22. The number of phenolic OH excluding ortho intramolecular Hbond substituents is 1. The van der Waals surface area contributed by atoms with Gasteiger partial charge in [-0.1, -0.05) is 35.9 Å². The third-order valence-electron chi connectivity index (χ3n) is 3.33. The summed E-state index contributed by atoms with van der Waals surface area (Å²) in [6.45, 7) is 0. The van der Waals surface area contributed by atoms with Crippen LogP contribution in [0.25, 0.3) is 0 Å². The van der Waals surface area contributed by atoms with E-state index in [0.717, 1.165) is 5.75 Å². The fourth-order valence-corrected chi connectivity index (χ4v) is 2.31. The lowest BCUT2D eigenvalue weighted by Gasteiger charge is -2.10. The summed E-state index contributed by atoms with van der Waals surface area (Å²) in [6, 6.07) is 20.6. The van der Waals surface area contributed by atoms with E-state index in [1.165, 1.54) is 6.07 Å². The number of urea groups is 1. The molecule has 0 aliphatic rings. The fraction of sp³-hybridized carbons (Fsp3) is 0. The first-order chi connectivity index (χ1) is 12.1. The number of rotatable bonds is 4. The van der Waals surface area contributed by atoms with Crippen LogP contribution in [-0.2, 0) is 0 Å². The first-order valence-corrected chi connectivity index (χ1v) is 7.88. The predicted octanol–water partition coefficient (Wildman–Crippen LogP) is 5.48. The Hall–Kier alpha value is -3.18. The summed E-state index contributed by atoms with van der Waals surface area (Å²) >= 11 is 5.81. The molecule has 0 bridgehead atoms. The van der Waals surface area contributed by atoms with Gasteiger partial charge in [-0.3, -0.25) is 0 Å². The zero-order valence-electron chi connectivity index (χ0n) is 13.1. The molecule has 3 aromatic rings. The number of hydrogen-bond donors (Lipinski definition) is 3. The number of hydrogen-bond acceptors (Lipinski definition) is 3. The van der Waals surface area contributed by atoms with E-state index in [9.17, 15) is 9.90 Å². The quantitative estimate of drug-likeness (QED) is 0.543. The Kier molecular flexibility index (Phi) is 5.06. The molecule has 0 spiro atoms. The molecule has 0 radical (unpaired) electrons. The van der Waals surface area contributed by atoms with Gasteiger partial charge in [-0.25, -0.2) is 4.79 Å². The molecule has 0 heterocycles. The van der Waals surface area contributed by atoms with E-state index in [1.54, 1.807) is 36.4 Å². The molecule has 126 valence electrons. The highest BCUT2D eigenvalue weighted by Gasteiger charge is 2.09. The van der Waals surface area contributed by atoms with Crippen molar-refractivity contribution >= 4 is 29.0 Å². The number of phenols is 1. The molecule has 5 nitrogen and oxygen atoms in total. The van der Waals surface area contributed by atoms with Crippen LogP contribution in [0.5, 0.6) is 17.2 Å². The number of halogens is 1. The maximum atomic E-state index is 12.0. The summed E-state index contributed by atoms with van der Waals surface area (Å²) in [7, 11) is 0. The van der Waals surface area contributed by atoms with Crippen molar-refractivity contribution in [1.29, 1.82) is 0 Å². The van der Waals surface area contributed by atoms with Crippen molar-refractivity contribution in [3.8, 4) is 17.2 Å². The second-order valence-electron chi connectivity index (χ2n) is 5.15. The number of anilines is 2. The average Bonchev–Trinajstić information content (AvgIpc) is 2.62. The highest BCUT2D eigenvalue weighted by Crippen LogP contribution is 2.31. The van der Waals surface area contributed by atoms with Gasteiger partial charge in [0.15, 0.2) is 5.75 Å². The smallest absolute Gasteiger partial charge is 0.323 e. The Bertz CT molecular complexity index is 868. The molecule has 0 atom stereocenters. The van der Waals surface area contributed by atoms with Gasteiger partial charge in [-0.2, -0.15) is 0 Å². The topological polar surface area (TPSA) is 70.6 Å². The van der Waals surface area contributed by atoms with Crippen LogP contribution in [0.1, 0.15) is 0 Å². The van der Waals surface area contributed by atoms with E-state index in [4.69, 9.17) is 16.3 Å². The number of aromatic hydroxyl groups is 1. The Labute approximate surface area is 149 Å². The van der Waals surface area contributed by atoms with Gasteiger partial charge in [0, 0.05) is 5.69 Å². The summed E-state index contributed by atoms with van der Waals surface area (Å²) in [5, 5.41) is 15.2.